The van der Waals surface area contributed by atoms with Crippen molar-refractivity contribution in [2.75, 3.05) is 6.54 Å². The molecule has 3 nitrogen and oxygen atoms in total. The van der Waals surface area contributed by atoms with Gasteiger partial charge in [-0.25, -0.2) is 5.43 Å². The Morgan fingerprint density at radius 2 is 0.955 bits per heavy atom. The van der Waals surface area contributed by atoms with E-state index in [0.717, 1.165) is 13.0 Å². The molecule has 0 aromatic heterocycles. The lowest BCUT2D eigenvalue weighted by Crippen LogP contribution is -2.30. The van der Waals surface area contributed by atoms with Crippen molar-refractivity contribution in [2.45, 2.75) is 110 Å². The molecule has 0 aromatic carbocycles. The van der Waals surface area contributed by atoms with Crippen molar-refractivity contribution in [1.29, 1.82) is 0 Å². The van der Waals surface area contributed by atoms with Crippen LogP contribution in [-0.4, -0.2) is 13.0 Å². The molecule has 0 unspecified atom stereocenters. The Morgan fingerprint density at radius 3 is 1.32 bits per heavy atom. The average molecular weight is 313 g/mol. The summed E-state index contributed by atoms with van der Waals surface area (Å²) < 4.78 is 0. The van der Waals surface area contributed by atoms with Crippen LogP contribution in [0.3, 0.4) is 0 Å². The van der Waals surface area contributed by atoms with Crippen LogP contribution < -0.4 is 10.9 Å². The molecule has 0 radical (unpaired) electrons. The molecule has 0 aliphatic rings. The lowest BCUT2D eigenvalue weighted by molar-refractivity contribution is -0.110. The smallest absolute Gasteiger partial charge is 0.221 e. The number of nitrogens with one attached hydrogen (secondary N) is 2. The predicted octanol–water partition coefficient (Wildman–Crippen LogP) is 5.50. The second-order valence-electron chi connectivity index (χ2n) is 6.49. The molecule has 0 saturated carbocycles. The molecule has 0 aliphatic carbocycles. The summed E-state index contributed by atoms with van der Waals surface area (Å²) in [6, 6.07) is 0. The summed E-state index contributed by atoms with van der Waals surface area (Å²) in [6.45, 7) is 3.17. The molecular formula is C19H40N2O. The number of amides is 1. The zero-order chi connectivity index (χ0) is 16.1. The van der Waals surface area contributed by atoms with E-state index in [1.165, 1.54) is 96.3 Å². The fourth-order valence-electron chi connectivity index (χ4n) is 2.88. The van der Waals surface area contributed by atoms with E-state index in [9.17, 15) is 4.79 Å². The first-order chi connectivity index (χ1) is 10.9. The minimum Gasteiger partial charge on any atom is -0.294 e. The Labute approximate surface area is 139 Å². The van der Waals surface area contributed by atoms with Gasteiger partial charge in [-0.15, -0.1) is 0 Å². The lowest BCUT2D eigenvalue weighted by atomic mass is 10.0. The quantitative estimate of drug-likeness (QED) is 0.188. The van der Waals surface area contributed by atoms with Crippen LogP contribution in [0.4, 0.5) is 0 Å². The summed E-state index contributed by atoms with van der Waals surface area (Å²) >= 11 is 0. The Hall–Kier alpha value is -0.570. The molecule has 0 atom stereocenters. The highest BCUT2D eigenvalue weighted by atomic mass is 16.1. The van der Waals surface area contributed by atoms with E-state index in [-0.39, 0.29) is 0 Å². The summed E-state index contributed by atoms with van der Waals surface area (Å²) in [5.41, 5.74) is 5.34. The van der Waals surface area contributed by atoms with Gasteiger partial charge in [-0.05, 0) is 6.42 Å². The number of carbonyl (C=O) groups is 1. The molecule has 0 spiro atoms. The molecule has 22 heavy (non-hydrogen) atoms. The Bertz CT molecular complexity index is 210. The maximum Gasteiger partial charge on any atom is 0.221 e. The van der Waals surface area contributed by atoms with Gasteiger partial charge in [0.25, 0.3) is 0 Å². The molecule has 0 fully saturated rings. The SMILES string of the molecule is CCCCCCCCCCCCCCCCCCNNC=O. The lowest BCUT2D eigenvalue weighted by Gasteiger charge is -2.04. The molecule has 0 bridgehead atoms. The van der Waals surface area contributed by atoms with Gasteiger partial charge in [-0.1, -0.05) is 103 Å². The second-order valence-corrected chi connectivity index (χ2v) is 6.49. The van der Waals surface area contributed by atoms with Crippen LogP contribution >= 0.6 is 0 Å². The van der Waals surface area contributed by atoms with E-state index in [1.54, 1.807) is 0 Å². The maximum absolute atomic E-state index is 10.0. The zero-order valence-corrected chi connectivity index (χ0v) is 15.0. The van der Waals surface area contributed by atoms with Crippen LogP contribution in [0, 0.1) is 0 Å². The van der Waals surface area contributed by atoms with Crippen LogP contribution in [0.1, 0.15) is 110 Å². The number of carbonyl (C=O) groups excluding carboxylic acids is 1. The van der Waals surface area contributed by atoms with Crippen LogP contribution in [0.5, 0.6) is 0 Å². The summed E-state index contributed by atoms with van der Waals surface area (Å²) in [6.07, 6.45) is 23.0. The molecular weight excluding hydrogens is 272 g/mol. The standard InChI is InChI=1S/C19H40N2O/c1-2-3-4-5-6-7-8-9-10-11-12-13-14-15-16-17-18-20-21-19-22/h19-20H,2-18H2,1H3,(H,21,22). The van der Waals surface area contributed by atoms with Crippen LogP contribution in [0.25, 0.3) is 0 Å². The first-order valence-corrected chi connectivity index (χ1v) is 9.84. The van der Waals surface area contributed by atoms with Crippen molar-refractivity contribution in [2.24, 2.45) is 0 Å². The zero-order valence-electron chi connectivity index (χ0n) is 15.0. The fourth-order valence-corrected chi connectivity index (χ4v) is 2.88. The second kappa shape index (κ2) is 20.4. The first-order valence-electron chi connectivity index (χ1n) is 9.84. The summed E-state index contributed by atoms with van der Waals surface area (Å²) in [5.74, 6) is 0. The van der Waals surface area contributed by atoms with E-state index >= 15 is 0 Å². The number of unbranched alkanes of at least 4 members (excludes halogenated alkanes) is 15. The average Bonchev–Trinajstić information content (AvgIpc) is 2.54. The van der Waals surface area contributed by atoms with Gasteiger partial charge < -0.3 is 0 Å². The summed E-state index contributed by atoms with van der Waals surface area (Å²) in [4.78, 5) is 10.0. The number of hydrogen-bond donors (Lipinski definition) is 2. The molecule has 0 rings (SSSR count). The Balaban J connectivity index is 2.92. The predicted molar refractivity (Wildman–Crippen MR) is 96.7 cm³/mol. The maximum atomic E-state index is 10.0. The van der Waals surface area contributed by atoms with Gasteiger partial charge in [0, 0.05) is 6.54 Å². The molecule has 1 amide bonds. The van der Waals surface area contributed by atoms with Crippen LogP contribution in [0.2, 0.25) is 0 Å². The highest BCUT2D eigenvalue weighted by Crippen LogP contribution is 2.13. The monoisotopic (exact) mass is 312 g/mol. The van der Waals surface area contributed by atoms with Crippen molar-refractivity contribution in [3.05, 3.63) is 0 Å². The molecule has 2 N–H and O–H groups in total. The van der Waals surface area contributed by atoms with Crippen molar-refractivity contribution in [1.82, 2.24) is 10.9 Å². The van der Waals surface area contributed by atoms with Gasteiger partial charge in [-0.3, -0.25) is 10.2 Å². The molecule has 0 saturated heterocycles. The number of hydrazine groups is 1. The molecule has 132 valence electrons. The summed E-state index contributed by atoms with van der Waals surface area (Å²) in [7, 11) is 0. The normalized spacial score (nSPS) is 10.8. The number of rotatable bonds is 19. The van der Waals surface area contributed by atoms with Gasteiger partial charge in [0.05, 0.1) is 0 Å². The third kappa shape index (κ3) is 19.4. The van der Waals surface area contributed by atoms with E-state index in [2.05, 4.69) is 17.8 Å². The van der Waals surface area contributed by atoms with Crippen molar-refractivity contribution in [3.8, 4) is 0 Å². The highest BCUT2D eigenvalue weighted by Gasteiger charge is 1.94. The first kappa shape index (κ1) is 21.4. The van der Waals surface area contributed by atoms with Crippen molar-refractivity contribution < 1.29 is 4.79 Å². The molecule has 3 heteroatoms. The van der Waals surface area contributed by atoms with Gasteiger partial charge in [0.15, 0.2) is 0 Å². The number of hydrogen-bond acceptors (Lipinski definition) is 2. The molecule has 0 heterocycles. The van der Waals surface area contributed by atoms with Crippen molar-refractivity contribution >= 4 is 6.41 Å². The fraction of sp³-hybridized carbons (Fsp3) is 0.947. The van der Waals surface area contributed by atoms with Gasteiger partial charge >= 0.3 is 0 Å². The third-order valence-corrected chi connectivity index (χ3v) is 4.32. The largest absolute Gasteiger partial charge is 0.294 e. The van der Waals surface area contributed by atoms with E-state index in [0.29, 0.717) is 6.41 Å². The highest BCUT2D eigenvalue weighted by molar-refractivity contribution is 5.44. The van der Waals surface area contributed by atoms with Gasteiger partial charge in [0.1, 0.15) is 0 Å². The Morgan fingerprint density at radius 1 is 0.591 bits per heavy atom. The Kier molecular flexibility index (Phi) is 19.9. The van der Waals surface area contributed by atoms with E-state index in [4.69, 9.17) is 0 Å². The van der Waals surface area contributed by atoms with Gasteiger partial charge in [0.2, 0.25) is 6.41 Å². The van der Waals surface area contributed by atoms with E-state index in [1.807, 2.05) is 0 Å². The third-order valence-electron chi connectivity index (χ3n) is 4.32. The summed E-state index contributed by atoms with van der Waals surface area (Å²) in [5, 5.41) is 0. The van der Waals surface area contributed by atoms with Crippen LogP contribution in [-0.2, 0) is 4.79 Å². The van der Waals surface area contributed by atoms with Gasteiger partial charge in [-0.2, -0.15) is 0 Å². The van der Waals surface area contributed by atoms with Crippen LogP contribution in [0.15, 0.2) is 0 Å². The van der Waals surface area contributed by atoms with E-state index < -0.39 is 0 Å². The minimum absolute atomic E-state index is 0.687. The van der Waals surface area contributed by atoms with Crippen molar-refractivity contribution in [3.63, 3.8) is 0 Å². The molecule has 0 aliphatic heterocycles. The minimum atomic E-state index is 0.687. The molecule has 0 aromatic rings. The topological polar surface area (TPSA) is 41.1 Å².